The summed E-state index contributed by atoms with van der Waals surface area (Å²) in [5, 5.41) is 5.57. The predicted molar refractivity (Wildman–Crippen MR) is 77.3 cm³/mol. The van der Waals surface area contributed by atoms with Crippen molar-refractivity contribution in [3.8, 4) is 0 Å². The molecule has 0 bridgehead atoms. The molecule has 1 heterocycles. The first-order valence-electron chi connectivity index (χ1n) is 6.30. The first kappa shape index (κ1) is 12.2. The van der Waals surface area contributed by atoms with Gasteiger partial charge in [-0.1, -0.05) is 12.1 Å². The second-order valence-corrected chi connectivity index (χ2v) is 5.68. The molecule has 4 nitrogen and oxygen atoms in total. The van der Waals surface area contributed by atoms with E-state index in [1.54, 1.807) is 0 Å². The summed E-state index contributed by atoms with van der Waals surface area (Å²) in [6.07, 6.45) is 2.77. The summed E-state index contributed by atoms with van der Waals surface area (Å²) in [5.74, 6) is 0.568. The number of anilines is 2. The number of thiazole rings is 1. The van der Waals surface area contributed by atoms with E-state index in [-0.39, 0.29) is 5.91 Å². The lowest BCUT2D eigenvalue weighted by atomic mass is 10.1. The number of nitrogens with two attached hydrogens (primary N) is 1. The van der Waals surface area contributed by atoms with Crippen molar-refractivity contribution in [1.29, 1.82) is 0 Å². The second kappa shape index (κ2) is 5.01. The van der Waals surface area contributed by atoms with Crippen molar-refractivity contribution in [3.63, 3.8) is 0 Å². The van der Waals surface area contributed by atoms with E-state index in [0.717, 1.165) is 11.3 Å². The van der Waals surface area contributed by atoms with E-state index in [1.165, 1.54) is 24.2 Å². The summed E-state index contributed by atoms with van der Waals surface area (Å²) in [5.41, 5.74) is 8.39. The summed E-state index contributed by atoms with van der Waals surface area (Å²) in [4.78, 5) is 16.3. The molecule has 1 aliphatic carbocycles. The lowest BCUT2D eigenvalue weighted by molar-refractivity contribution is -0.115. The van der Waals surface area contributed by atoms with Crippen molar-refractivity contribution in [2.24, 2.45) is 0 Å². The maximum atomic E-state index is 11.9. The van der Waals surface area contributed by atoms with E-state index in [4.69, 9.17) is 5.73 Å². The highest BCUT2D eigenvalue weighted by atomic mass is 32.1. The van der Waals surface area contributed by atoms with Gasteiger partial charge in [-0.05, 0) is 30.5 Å². The third-order valence-electron chi connectivity index (χ3n) is 3.08. The van der Waals surface area contributed by atoms with Crippen LogP contribution in [0.25, 0.3) is 0 Å². The lowest BCUT2D eigenvalue weighted by Gasteiger charge is -2.02. The van der Waals surface area contributed by atoms with Crippen LogP contribution in [0.1, 0.15) is 30.0 Å². The van der Waals surface area contributed by atoms with Gasteiger partial charge in [0.05, 0.1) is 12.1 Å². The Bertz CT molecular complexity index is 604. The first-order chi connectivity index (χ1) is 9.20. The van der Waals surface area contributed by atoms with E-state index >= 15 is 0 Å². The van der Waals surface area contributed by atoms with Crippen molar-refractivity contribution in [2.45, 2.75) is 25.2 Å². The quantitative estimate of drug-likeness (QED) is 0.842. The molecule has 0 aliphatic heterocycles. The molecule has 1 aromatic heterocycles. The van der Waals surface area contributed by atoms with E-state index in [0.29, 0.717) is 23.2 Å². The molecule has 0 spiro atoms. The zero-order valence-electron chi connectivity index (χ0n) is 10.4. The number of nitrogens with zero attached hydrogens (tertiary/aromatic N) is 1. The van der Waals surface area contributed by atoms with Crippen LogP contribution in [-0.2, 0) is 11.2 Å². The minimum Gasteiger partial charge on any atom is -0.399 e. The number of hydrogen-bond acceptors (Lipinski definition) is 4. The molecule has 1 aromatic carbocycles. The van der Waals surface area contributed by atoms with Gasteiger partial charge in [-0.2, -0.15) is 0 Å². The standard InChI is InChI=1S/C14H15N3OS/c15-11-3-1-2-9(6-11)7-13(18)17-14-16-12(8-19-14)10-4-5-10/h1-3,6,8,10H,4-5,7,15H2,(H,16,17,18). The Morgan fingerprint density at radius 3 is 3.05 bits per heavy atom. The van der Waals surface area contributed by atoms with Gasteiger partial charge in [0.15, 0.2) is 5.13 Å². The molecule has 1 saturated carbocycles. The molecule has 3 N–H and O–H groups in total. The van der Waals surface area contributed by atoms with Gasteiger partial charge in [-0.15, -0.1) is 11.3 Å². The van der Waals surface area contributed by atoms with Crippen LogP contribution in [0.15, 0.2) is 29.6 Å². The minimum atomic E-state index is -0.0534. The van der Waals surface area contributed by atoms with Gasteiger partial charge in [-0.25, -0.2) is 4.98 Å². The Morgan fingerprint density at radius 2 is 2.32 bits per heavy atom. The maximum Gasteiger partial charge on any atom is 0.230 e. The molecular weight excluding hydrogens is 258 g/mol. The van der Waals surface area contributed by atoms with Crippen LogP contribution in [-0.4, -0.2) is 10.9 Å². The zero-order chi connectivity index (χ0) is 13.2. The molecule has 5 heteroatoms. The lowest BCUT2D eigenvalue weighted by Crippen LogP contribution is -2.14. The van der Waals surface area contributed by atoms with Gasteiger partial charge in [0.25, 0.3) is 0 Å². The van der Waals surface area contributed by atoms with Crippen LogP contribution in [0.5, 0.6) is 0 Å². The summed E-state index contributed by atoms with van der Waals surface area (Å²) in [6.45, 7) is 0. The smallest absolute Gasteiger partial charge is 0.230 e. The van der Waals surface area contributed by atoms with Crippen LogP contribution < -0.4 is 11.1 Å². The minimum absolute atomic E-state index is 0.0534. The highest BCUT2D eigenvalue weighted by molar-refractivity contribution is 7.13. The molecule has 0 unspecified atom stereocenters. The van der Waals surface area contributed by atoms with Gasteiger partial charge < -0.3 is 11.1 Å². The van der Waals surface area contributed by atoms with Gasteiger partial charge in [0.2, 0.25) is 5.91 Å². The number of hydrogen-bond donors (Lipinski definition) is 2. The fourth-order valence-electron chi connectivity index (χ4n) is 1.96. The number of amides is 1. The number of nitrogens with one attached hydrogen (secondary N) is 1. The number of benzene rings is 1. The Kier molecular flexibility index (Phi) is 3.21. The fraction of sp³-hybridized carbons (Fsp3) is 0.286. The monoisotopic (exact) mass is 273 g/mol. The number of carbonyl (C=O) groups is 1. The molecule has 19 heavy (non-hydrogen) atoms. The normalized spacial score (nSPS) is 14.3. The molecule has 2 aromatic rings. The third-order valence-corrected chi connectivity index (χ3v) is 3.86. The van der Waals surface area contributed by atoms with Crippen molar-refractivity contribution < 1.29 is 4.79 Å². The Labute approximate surface area is 115 Å². The molecule has 98 valence electrons. The summed E-state index contributed by atoms with van der Waals surface area (Å²) in [6, 6.07) is 7.38. The van der Waals surface area contributed by atoms with Gasteiger partial charge >= 0.3 is 0 Å². The second-order valence-electron chi connectivity index (χ2n) is 4.82. The highest BCUT2D eigenvalue weighted by Gasteiger charge is 2.26. The number of rotatable bonds is 4. The maximum absolute atomic E-state index is 11.9. The Balaban J connectivity index is 1.61. The van der Waals surface area contributed by atoms with Gasteiger partial charge in [0, 0.05) is 17.0 Å². The van der Waals surface area contributed by atoms with Crippen molar-refractivity contribution in [2.75, 3.05) is 11.1 Å². The van der Waals surface area contributed by atoms with Crippen LogP contribution in [0.2, 0.25) is 0 Å². The average Bonchev–Trinajstić information content (AvgIpc) is 3.11. The van der Waals surface area contributed by atoms with Crippen molar-refractivity contribution in [3.05, 3.63) is 40.9 Å². The van der Waals surface area contributed by atoms with Crippen LogP contribution in [0.4, 0.5) is 10.8 Å². The molecule has 0 radical (unpaired) electrons. The zero-order valence-corrected chi connectivity index (χ0v) is 11.2. The molecule has 0 atom stereocenters. The van der Waals surface area contributed by atoms with Crippen LogP contribution in [0.3, 0.4) is 0 Å². The predicted octanol–water partition coefficient (Wildman–Crippen LogP) is 2.78. The average molecular weight is 273 g/mol. The first-order valence-corrected chi connectivity index (χ1v) is 7.18. The summed E-state index contributed by atoms with van der Waals surface area (Å²) in [7, 11) is 0. The fourth-order valence-corrected chi connectivity index (χ4v) is 2.77. The third kappa shape index (κ3) is 3.12. The van der Waals surface area contributed by atoms with Gasteiger partial charge in [-0.3, -0.25) is 4.79 Å². The largest absolute Gasteiger partial charge is 0.399 e. The van der Waals surface area contributed by atoms with E-state index in [1.807, 2.05) is 29.6 Å². The van der Waals surface area contributed by atoms with Crippen LogP contribution >= 0.6 is 11.3 Å². The van der Waals surface area contributed by atoms with Crippen molar-refractivity contribution in [1.82, 2.24) is 4.98 Å². The number of aromatic nitrogens is 1. The summed E-state index contributed by atoms with van der Waals surface area (Å²) < 4.78 is 0. The number of carbonyl (C=O) groups excluding carboxylic acids is 1. The molecule has 1 fully saturated rings. The highest BCUT2D eigenvalue weighted by Crippen LogP contribution is 2.40. The molecular formula is C14H15N3OS. The number of nitrogen functional groups attached to an aromatic ring is 1. The molecule has 3 rings (SSSR count). The molecule has 0 saturated heterocycles. The van der Waals surface area contributed by atoms with E-state index in [9.17, 15) is 4.79 Å². The molecule has 1 amide bonds. The summed E-state index contributed by atoms with van der Waals surface area (Å²) >= 11 is 1.49. The Morgan fingerprint density at radius 1 is 1.47 bits per heavy atom. The van der Waals surface area contributed by atoms with E-state index in [2.05, 4.69) is 10.3 Å². The van der Waals surface area contributed by atoms with Crippen LogP contribution in [0, 0.1) is 0 Å². The van der Waals surface area contributed by atoms with Crippen molar-refractivity contribution >= 4 is 28.1 Å². The molecule has 1 aliphatic rings. The Hall–Kier alpha value is -1.88. The topological polar surface area (TPSA) is 68.0 Å². The SMILES string of the molecule is Nc1cccc(CC(=O)Nc2nc(C3CC3)cs2)c1. The van der Waals surface area contributed by atoms with Gasteiger partial charge in [0.1, 0.15) is 0 Å². The van der Waals surface area contributed by atoms with E-state index < -0.39 is 0 Å².